The summed E-state index contributed by atoms with van der Waals surface area (Å²) in [5.41, 5.74) is 1.18. The third-order valence-electron chi connectivity index (χ3n) is 2.95. The first-order valence-electron chi connectivity index (χ1n) is 8.36. The molecule has 0 saturated heterocycles. The van der Waals surface area contributed by atoms with Crippen LogP contribution < -0.4 is 0 Å². The van der Waals surface area contributed by atoms with Crippen LogP contribution in [-0.2, 0) is 30.3 Å². The fraction of sp³-hybridized carbons (Fsp3) is 0.667. The Morgan fingerprint density at radius 3 is 1.48 bits per heavy atom. The van der Waals surface area contributed by atoms with E-state index in [0.29, 0.717) is 59.5 Å². The number of benzene rings is 1. The molecule has 5 nitrogen and oxygen atoms in total. The summed E-state index contributed by atoms with van der Waals surface area (Å²) >= 11 is 0. The molecule has 0 bridgehead atoms. The van der Waals surface area contributed by atoms with Crippen molar-refractivity contribution in [2.45, 2.75) is 20.0 Å². The van der Waals surface area contributed by atoms with Crippen LogP contribution in [0.1, 0.15) is 18.9 Å². The lowest BCUT2D eigenvalue weighted by Gasteiger charge is -2.07. The van der Waals surface area contributed by atoms with Crippen molar-refractivity contribution in [1.29, 1.82) is 0 Å². The fourth-order valence-corrected chi connectivity index (χ4v) is 1.79. The smallest absolute Gasteiger partial charge is 0.0718 e. The third kappa shape index (κ3) is 13.2. The fourth-order valence-electron chi connectivity index (χ4n) is 1.79. The lowest BCUT2D eigenvalue weighted by molar-refractivity contribution is -0.0124. The van der Waals surface area contributed by atoms with Gasteiger partial charge in [-0.1, -0.05) is 37.3 Å². The van der Waals surface area contributed by atoms with Gasteiger partial charge in [0.05, 0.1) is 59.5 Å². The van der Waals surface area contributed by atoms with E-state index in [1.54, 1.807) is 0 Å². The molecule has 0 amide bonds. The Balaban J connectivity index is 1.72. The van der Waals surface area contributed by atoms with Crippen LogP contribution in [0, 0.1) is 0 Å². The molecule has 1 rings (SSSR count). The molecule has 0 N–H and O–H groups in total. The van der Waals surface area contributed by atoms with Crippen molar-refractivity contribution in [3.63, 3.8) is 0 Å². The first-order valence-corrected chi connectivity index (χ1v) is 8.36. The highest BCUT2D eigenvalue weighted by molar-refractivity contribution is 5.13. The molecule has 0 radical (unpaired) electrons. The average Bonchev–Trinajstić information content (AvgIpc) is 2.59. The van der Waals surface area contributed by atoms with Gasteiger partial charge in [-0.25, -0.2) is 0 Å². The molecular formula is C18H30O5. The van der Waals surface area contributed by atoms with Gasteiger partial charge in [-0.2, -0.15) is 0 Å². The maximum atomic E-state index is 5.52. The van der Waals surface area contributed by atoms with Gasteiger partial charge in [0.25, 0.3) is 0 Å². The Bertz CT molecular complexity index is 345. The predicted octanol–water partition coefficient (Wildman–Crippen LogP) is 2.68. The van der Waals surface area contributed by atoms with Gasteiger partial charge in [0.2, 0.25) is 0 Å². The molecule has 1 aromatic rings. The maximum absolute atomic E-state index is 5.52. The third-order valence-corrected chi connectivity index (χ3v) is 2.95. The van der Waals surface area contributed by atoms with Crippen LogP contribution >= 0.6 is 0 Å². The van der Waals surface area contributed by atoms with E-state index in [1.807, 2.05) is 30.3 Å². The Morgan fingerprint density at radius 2 is 1.00 bits per heavy atom. The second-order valence-corrected chi connectivity index (χ2v) is 4.99. The van der Waals surface area contributed by atoms with E-state index in [9.17, 15) is 0 Å². The maximum Gasteiger partial charge on any atom is 0.0718 e. The van der Waals surface area contributed by atoms with E-state index in [4.69, 9.17) is 23.7 Å². The molecular weight excluding hydrogens is 296 g/mol. The molecule has 132 valence electrons. The average molecular weight is 326 g/mol. The highest BCUT2D eigenvalue weighted by Gasteiger charge is 1.94. The normalized spacial score (nSPS) is 11.0. The second-order valence-electron chi connectivity index (χ2n) is 4.99. The van der Waals surface area contributed by atoms with E-state index in [0.717, 1.165) is 13.0 Å². The van der Waals surface area contributed by atoms with Gasteiger partial charge in [-0.05, 0) is 12.0 Å². The molecule has 0 unspecified atom stereocenters. The highest BCUT2D eigenvalue weighted by atomic mass is 16.6. The van der Waals surface area contributed by atoms with Crippen LogP contribution in [0.5, 0.6) is 0 Å². The highest BCUT2D eigenvalue weighted by Crippen LogP contribution is 1.99. The zero-order valence-electron chi connectivity index (χ0n) is 14.2. The Morgan fingerprint density at radius 1 is 0.565 bits per heavy atom. The van der Waals surface area contributed by atoms with Crippen molar-refractivity contribution in [3.8, 4) is 0 Å². The number of ether oxygens (including phenoxy) is 5. The molecule has 0 atom stereocenters. The summed E-state index contributed by atoms with van der Waals surface area (Å²) in [6.45, 7) is 8.30. The summed E-state index contributed by atoms with van der Waals surface area (Å²) in [4.78, 5) is 0. The monoisotopic (exact) mass is 326 g/mol. The summed E-state index contributed by atoms with van der Waals surface area (Å²) in [5.74, 6) is 0. The van der Waals surface area contributed by atoms with Gasteiger partial charge in [0.15, 0.2) is 0 Å². The lowest BCUT2D eigenvalue weighted by Crippen LogP contribution is -2.13. The minimum absolute atomic E-state index is 0.578. The van der Waals surface area contributed by atoms with Crippen LogP contribution in [0.25, 0.3) is 0 Å². The summed E-state index contributed by atoms with van der Waals surface area (Å²) < 4.78 is 27.0. The zero-order valence-corrected chi connectivity index (χ0v) is 14.2. The lowest BCUT2D eigenvalue weighted by atomic mass is 10.2. The standard InChI is InChI=1S/C18H30O5/c1-2-8-19-9-10-20-11-12-21-13-14-22-15-16-23-17-18-6-4-3-5-7-18/h3-7H,2,8-17H2,1H3. The molecule has 23 heavy (non-hydrogen) atoms. The van der Waals surface area contributed by atoms with Crippen molar-refractivity contribution in [1.82, 2.24) is 0 Å². The van der Waals surface area contributed by atoms with E-state index in [2.05, 4.69) is 6.92 Å². The number of hydrogen-bond donors (Lipinski definition) is 0. The number of hydrogen-bond acceptors (Lipinski definition) is 5. The number of rotatable bonds is 16. The van der Waals surface area contributed by atoms with E-state index in [-0.39, 0.29) is 0 Å². The SMILES string of the molecule is CCCOCCOCCOCCOCCOCc1ccccc1. The van der Waals surface area contributed by atoms with Gasteiger partial charge in [0, 0.05) is 6.61 Å². The Hall–Kier alpha value is -0.980. The van der Waals surface area contributed by atoms with Crippen LogP contribution in [0.15, 0.2) is 30.3 Å². The molecule has 0 aliphatic carbocycles. The van der Waals surface area contributed by atoms with Crippen molar-refractivity contribution in [2.75, 3.05) is 59.5 Å². The van der Waals surface area contributed by atoms with E-state index >= 15 is 0 Å². The van der Waals surface area contributed by atoms with Crippen LogP contribution in [-0.4, -0.2) is 59.5 Å². The predicted molar refractivity (Wildman–Crippen MR) is 89.7 cm³/mol. The first-order chi connectivity index (χ1) is 11.4. The quantitative estimate of drug-likeness (QED) is 0.437. The summed E-state index contributed by atoms with van der Waals surface area (Å²) in [5, 5.41) is 0. The Kier molecular flexibility index (Phi) is 13.9. The second kappa shape index (κ2) is 15.9. The first kappa shape index (κ1) is 20.1. The van der Waals surface area contributed by atoms with Crippen molar-refractivity contribution in [3.05, 3.63) is 35.9 Å². The van der Waals surface area contributed by atoms with Gasteiger partial charge < -0.3 is 23.7 Å². The summed E-state index contributed by atoms with van der Waals surface area (Å²) in [7, 11) is 0. The van der Waals surface area contributed by atoms with Crippen LogP contribution in [0.3, 0.4) is 0 Å². The molecule has 0 aliphatic heterocycles. The Labute approximate surface area is 139 Å². The molecule has 1 aromatic carbocycles. The van der Waals surface area contributed by atoms with E-state index < -0.39 is 0 Å². The zero-order chi connectivity index (χ0) is 16.4. The van der Waals surface area contributed by atoms with Crippen molar-refractivity contribution < 1.29 is 23.7 Å². The minimum atomic E-state index is 0.578. The van der Waals surface area contributed by atoms with Crippen LogP contribution in [0.4, 0.5) is 0 Å². The molecule has 0 fully saturated rings. The molecule has 0 aliphatic rings. The van der Waals surface area contributed by atoms with E-state index in [1.165, 1.54) is 5.56 Å². The molecule has 5 heteroatoms. The van der Waals surface area contributed by atoms with Gasteiger partial charge in [0.1, 0.15) is 0 Å². The summed E-state index contributed by atoms with van der Waals surface area (Å²) in [6.07, 6.45) is 1.04. The molecule has 0 saturated carbocycles. The minimum Gasteiger partial charge on any atom is -0.379 e. The van der Waals surface area contributed by atoms with Gasteiger partial charge in [-0.3, -0.25) is 0 Å². The molecule has 0 spiro atoms. The molecule has 0 heterocycles. The largest absolute Gasteiger partial charge is 0.379 e. The topological polar surface area (TPSA) is 46.2 Å². The van der Waals surface area contributed by atoms with Gasteiger partial charge >= 0.3 is 0 Å². The molecule has 0 aromatic heterocycles. The van der Waals surface area contributed by atoms with Gasteiger partial charge in [-0.15, -0.1) is 0 Å². The summed E-state index contributed by atoms with van der Waals surface area (Å²) in [6, 6.07) is 10.1. The van der Waals surface area contributed by atoms with Crippen LogP contribution in [0.2, 0.25) is 0 Å². The van der Waals surface area contributed by atoms with Crippen molar-refractivity contribution >= 4 is 0 Å². The van der Waals surface area contributed by atoms with Crippen molar-refractivity contribution in [2.24, 2.45) is 0 Å².